The summed E-state index contributed by atoms with van der Waals surface area (Å²) in [5, 5.41) is 10.3. The van der Waals surface area contributed by atoms with Crippen molar-refractivity contribution < 1.29 is 0 Å². The largest absolute Gasteiger partial charge is 0.0622 e. The van der Waals surface area contributed by atoms with Gasteiger partial charge in [-0.2, -0.15) is 0 Å². The summed E-state index contributed by atoms with van der Waals surface area (Å²) < 4.78 is 0. The second-order valence-electron chi connectivity index (χ2n) is 27.2. The Labute approximate surface area is 473 Å². The summed E-state index contributed by atoms with van der Waals surface area (Å²) in [6, 6.07) is 79.8. The van der Waals surface area contributed by atoms with Crippen LogP contribution in [0.15, 0.2) is 206 Å². The molecule has 0 N–H and O–H groups in total. The number of hydrogen-bond acceptors (Lipinski definition) is 0. The van der Waals surface area contributed by atoms with Crippen LogP contribution in [0.5, 0.6) is 0 Å². The zero-order valence-electron chi connectivity index (χ0n) is 48.6. The van der Waals surface area contributed by atoms with Gasteiger partial charge in [-0.3, -0.25) is 0 Å². The van der Waals surface area contributed by atoms with Crippen LogP contribution in [0.2, 0.25) is 0 Å². The Morgan fingerprint density at radius 1 is 0.200 bits per heavy atom. The predicted molar refractivity (Wildman–Crippen MR) is 347 cm³/mol. The first-order valence-electron chi connectivity index (χ1n) is 29.0. The summed E-state index contributed by atoms with van der Waals surface area (Å²) in [6.45, 7) is 28.4. The maximum Gasteiger partial charge on any atom is -0.000718 e. The fourth-order valence-corrected chi connectivity index (χ4v) is 13.7. The second-order valence-corrected chi connectivity index (χ2v) is 27.2. The third-order valence-corrected chi connectivity index (χ3v) is 17.9. The lowest BCUT2D eigenvalue weighted by Gasteiger charge is -2.29. The molecule has 0 saturated heterocycles. The van der Waals surface area contributed by atoms with Gasteiger partial charge in [0.1, 0.15) is 0 Å². The van der Waals surface area contributed by atoms with Gasteiger partial charge in [-0.1, -0.05) is 283 Å². The van der Waals surface area contributed by atoms with Gasteiger partial charge in [-0.25, -0.2) is 0 Å². The van der Waals surface area contributed by atoms with Gasteiger partial charge in [0, 0.05) is 0 Å². The molecule has 0 radical (unpaired) electrons. The van der Waals surface area contributed by atoms with Crippen molar-refractivity contribution in [3.63, 3.8) is 0 Å². The molecule has 0 aliphatic heterocycles. The van der Waals surface area contributed by atoms with Crippen LogP contribution >= 0.6 is 0 Å². The molecule has 0 heterocycles. The Balaban J connectivity index is 1.19. The van der Waals surface area contributed by atoms with Crippen LogP contribution in [0.25, 0.3) is 143 Å². The van der Waals surface area contributed by atoms with Crippen molar-refractivity contribution in [1.29, 1.82) is 0 Å². The van der Waals surface area contributed by atoms with Crippen molar-refractivity contribution in [3.05, 3.63) is 229 Å². The van der Waals surface area contributed by atoms with E-state index in [1.165, 1.54) is 165 Å². The summed E-state index contributed by atoms with van der Waals surface area (Å²) in [5.41, 5.74) is 28.5. The van der Waals surface area contributed by atoms with Crippen molar-refractivity contribution in [3.8, 4) is 100 Å². The van der Waals surface area contributed by atoms with Gasteiger partial charge in [0.2, 0.25) is 0 Å². The topological polar surface area (TPSA) is 0 Å². The quantitative estimate of drug-likeness (QED) is 0.151. The molecule has 12 aromatic rings. The van der Waals surface area contributed by atoms with E-state index in [-0.39, 0.29) is 21.7 Å². The monoisotopic (exact) mass is 1030 g/mol. The van der Waals surface area contributed by atoms with Crippen molar-refractivity contribution in [2.45, 2.75) is 105 Å². The summed E-state index contributed by atoms with van der Waals surface area (Å²) in [5.74, 6) is 0. The van der Waals surface area contributed by atoms with Gasteiger partial charge < -0.3 is 0 Å². The normalized spacial score (nSPS) is 13.0. The van der Waals surface area contributed by atoms with Crippen LogP contribution in [0.3, 0.4) is 0 Å². The van der Waals surface area contributed by atoms with Gasteiger partial charge in [-0.05, 0) is 193 Å². The van der Waals surface area contributed by atoms with Gasteiger partial charge in [0.15, 0.2) is 0 Å². The minimum Gasteiger partial charge on any atom is -0.0622 e. The molecular formula is C80H70. The van der Waals surface area contributed by atoms with E-state index in [4.69, 9.17) is 0 Å². The summed E-state index contributed by atoms with van der Waals surface area (Å²) in [7, 11) is 0. The van der Waals surface area contributed by atoms with E-state index in [0.717, 1.165) is 0 Å². The zero-order valence-corrected chi connectivity index (χ0v) is 48.6. The molecule has 80 heavy (non-hydrogen) atoms. The smallest absolute Gasteiger partial charge is 0.000718 e. The van der Waals surface area contributed by atoms with Gasteiger partial charge >= 0.3 is 0 Å². The van der Waals surface area contributed by atoms with Crippen molar-refractivity contribution in [1.82, 2.24) is 0 Å². The van der Waals surface area contributed by atoms with E-state index in [0.29, 0.717) is 0 Å². The Morgan fingerprint density at radius 3 is 0.875 bits per heavy atom. The lowest BCUT2D eigenvalue weighted by atomic mass is 9.75. The Morgan fingerprint density at radius 2 is 0.500 bits per heavy atom. The zero-order chi connectivity index (χ0) is 55.4. The van der Waals surface area contributed by atoms with E-state index < -0.39 is 0 Å². The first kappa shape index (κ1) is 49.9. The molecule has 0 nitrogen and oxygen atoms in total. The fourth-order valence-electron chi connectivity index (χ4n) is 13.7. The first-order chi connectivity index (χ1) is 38.3. The van der Waals surface area contributed by atoms with Crippen molar-refractivity contribution in [2.24, 2.45) is 0 Å². The minimum absolute atomic E-state index is 0.0638. The molecule has 2 aliphatic rings. The average Bonchev–Trinajstić information content (AvgIpc) is 4.02. The molecule has 12 aromatic carbocycles. The molecule has 0 fully saturated rings. The number of benzene rings is 12. The lowest BCUT2D eigenvalue weighted by molar-refractivity contribution is 0.568. The SMILES string of the molecule is CC(C)(C)c1cc(-c2c3c(c(-c4cc(C(C)(C)C)cc(C(C)(C)C)c4)c4ccccc24)-c2ccc4c5c(ccc-3c25)-c2c-4c(-c3ccccc3)c3c(-c4ccccc4)c4ccccc4cc3c2-c2ccccc2)cc(C(C)(C)C)c1. The highest BCUT2D eigenvalue weighted by molar-refractivity contribution is 6.37. The summed E-state index contributed by atoms with van der Waals surface area (Å²) in [6.07, 6.45) is 0. The van der Waals surface area contributed by atoms with Crippen LogP contribution < -0.4 is 0 Å². The Hall–Kier alpha value is -8.32. The van der Waals surface area contributed by atoms with Crippen molar-refractivity contribution in [2.75, 3.05) is 0 Å². The molecule has 2 aliphatic carbocycles. The fraction of sp³-hybridized carbons (Fsp3) is 0.200. The molecule has 0 heteroatoms. The van der Waals surface area contributed by atoms with Crippen LogP contribution in [-0.4, -0.2) is 0 Å². The molecule has 0 spiro atoms. The lowest BCUT2D eigenvalue weighted by Crippen LogP contribution is -2.17. The number of fused-ring (bicyclic) bond motifs is 9. The molecule has 0 unspecified atom stereocenters. The average molecular weight is 1030 g/mol. The third kappa shape index (κ3) is 7.62. The van der Waals surface area contributed by atoms with Crippen LogP contribution in [0, 0.1) is 0 Å². The molecule has 0 amide bonds. The second kappa shape index (κ2) is 17.6. The summed E-state index contributed by atoms with van der Waals surface area (Å²) >= 11 is 0. The van der Waals surface area contributed by atoms with E-state index in [1.807, 2.05) is 0 Å². The van der Waals surface area contributed by atoms with E-state index in [2.05, 4.69) is 289 Å². The molecule has 14 rings (SSSR count). The Kier molecular flexibility index (Phi) is 11.0. The van der Waals surface area contributed by atoms with E-state index >= 15 is 0 Å². The van der Waals surface area contributed by atoms with E-state index in [9.17, 15) is 0 Å². The first-order valence-corrected chi connectivity index (χ1v) is 29.0. The molecule has 0 saturated carbocycles. The molecule has 0 atom stereocenters. The standard InChI is InChI=1S/C80H70/c1-77(2,3)53-40-51(41-54(45-53)78(4,5)6)67-58-34-24-25-35-59(58)68(52-42-55(79(7,8)9)46-56(43-52)80(10,11)12)74-62-38-39-63-71-60(36-37-61(70(62)71)73(67)74)72-66(48-28-18-14-19-29-48)64-44-50-32-22-23-33-57(50)65(47-26-16-13-17-27-47)76(64)69(75(63)72)49-30-20-15-21-31-49/h13-46H,1-12H3. The van der Waals surface area contributed by atoms with Crippen molar-refractivity contribution >= 4 is 43.1 Å². The predicted octanol–water partition coefficient (Wildman–Crippen LogP) is 23.1. The molecule has 390 valence electrons. The Bertz CT molecular complexity index is 4360. The van der Waals surface area contributed by atoms with Crippen LogP contribution in [0.4, 0.5) is 0 Å². The minimum atomic E-state index is -0.0638. The molecular weight excluding hydrogens is 961 g/mol. The van der Waals surface area contributed by atoms with Crippen LogP contribution in [-0.2, 0) is 21.7 Å². The highest BCUT2D eigenvalue weighted by Crippen LogP contribution is 2.65. The number of rotatable bonds is 5. The third-order valence-electron chi connectivity index (χ3n) is 17.9. The molecule has 0 aromatic heterocycles. The van der Waals surface area contributed by atoms with Gasteiger partial charge in [-0.15, -0.1) is 0 Å². The maximum absolute atomic E-state index is 2.53. The highest BCUT2D eigenvalue weighted by Gasteiger charge is 2.39. The van der Waals surface area contributed by atoms with Gasteiger partial charge in [0.25, 0.3) is 0 Å². The molecule has 0 bridgehead atoms. The summed E-state index contributed by atoms with van der Waals surface area (Å²) in [4.78, 5) is 0. The van der Waals surface area contributed by atoms with E-state index in [1.54, 1.807) is 0 Å². The maximum atomic E-state index is 2.53. The van der Waals surface area contributed by atoms with Crippen LogP contribution in [0.1, 0.15) is 105 Å². The highest BCUT2D eigenvalue weighted by atomic mass is 14.4. The number of hydrogen-bond donors (Lipinski definition) is 0. The van der Waals surface area contributed by atoms with Gasteiger partial charge in [0.05, 0.1) is 0 Å².